The van der Waals surface area contributed by atoms with Crippen LogP contribution >= 0.6 is 0 Å². The van der Waals surface area contributed by atoms with Crippen LogP contribution in [0.25, 0.3) is 0 Å². The first kappa shape index (κ1) is 15.5. The molecule has 0 spiro atoms. The van der Waals surface area contributed by atoms with Crippen LogP contribution in [0.15, 0.2) is 18.5 Å². The Labute approximate surface area is 124 Å². The Morgan fingerprint density at radius 1 is 1.20 bits per heavy atom. The second kappa shape index (κ2) is 6.71. The molecule has 1 aliphatic carbocycles. The zero-order chi connectivity index (χ0) is 14.6. The number of aryl methyl sites for hydroxylation is 1. The minimum atomic E-state index is 0.467. The summed E-state index contributed by atoms with van der Waals surface area (Å²) in [4.78, 5) is 4.23. The van der Waals surface area contributed by atoms with Crippen LogP contribution in [0.3, 0.4) is 0 Å². The van der Waals surface area contributed by atoms with Crippen LogP contribution in [-0.4, -0.2) is 11.0 Å². The van der Waals surface area contributed by atoms with E-state index in [1.165, 1.54) is 43.2 Å². The fourth-order valence-electron chi connectivity index (χ4n) is 3.31. The lowest BCUT2D eigenvalue weighted by molar-refractivity contribution is 0.213. The highest BCUT2D eigenvalue weighted by Gasteiger charge is 2.27. The van der Waals surface area contributed by atoms with Crippen LogP contribution in [0.2, 0.25) is 0 Å². The molecule has 112 valence electrons. The molecule has 20 heavy (non-hydrogen) atoms. The smallest absolute Gasteiger partial charge is 0.0315 e. The van der Waals surface area contributed by atoms with E-state index in [1.807, 2.05) is 12.4 Å². The van der Waals surface area contributed by atoms with E-state index in [2.05, 4.69) is 44.1 Å². The molecule has 1 fully saturated rings. The minimum Gasteiger partial charge on any atom is -0.310 e. The average molecular weight is 274 g/mol. The number of nitrogens with one attached hydrogen (secondary N) is 1. The number of hydrogen-bond donors (Lipinski definition) is 1. The Balaban J connectivity index is 1.84. The molecule has 0 saturated heterocycles. The van der Waals surface area contributed by atoms with E-state index in [0.717, 1.165) is 12.5 Å². The Morgan fingerprint density at radius 3 is 2.70 bits per heavy atom. The summed E-state index contributed by atoms with van der Waals surface area (Å²) >= 11 is 0. The summed E-state index contributed by atoms with van der Waals surface area (Å²) in [6.07, 6.45) is 10.6. The van der Waals surface area contributed by atoms with Gasteiger partial charge in [-0.3, -0.25) is 4.98 Å². The van der Waals surface area contributed by atoms with Crippen molar-refractivity contribution in [2.75, 3.05) is 0 Å². The third-order valence-corrected chi connectivity index (χ3v) is 4.92. The lowest BCUT2D eigenvalue weighted by atomic mass is 9.76. The van der Waals surface area contributed by atoms with Gasteiger partial charge in [0.25, 0.3) is 0 Å². The van der Waals surface area contributed by atoms with Crippen molar-refractivity contribution in [2.24, 2.45) is 11.3 Å². The first-order valence-electron chi connectivity index (χ1n) is 8.09. The molecule has 1 aliphatic rings. The monoisotopic (exact) mass is 274 g/mol. The molecule has 0 bridgehead atoms. The molecule has 0 radical (unpaired) electrons. The molecule has 2 nitrogen and oxygen atoms in total. The maximum absolute atomic E-state index is 4.23. The zero-order valence-corrected chi connectivity index (χ0v) is 13.6. The van der Waals surface area contributed by atoms with E-state index in [1.54, 1.807) is 0 Å². The third kappa shape index (κ3) is 4.31. The Morgan fingerprint density at radius 2 is 2.00 bits per heavy atom. The molecule has 0 aromatic carbocycles. The van der Waals surface area contributed by atoms with Crippen LogP contribution < -0.4 is 5.32 Å². The van der Waals surface area contributed by atoms with Crippen molar-refractivity contribution in [3.05, 3.63) is 29.6 Å². The fourth-order valence-corrected chi connectivity index (χ4v) is 3.31. The SMILES string of the molecule is Cc1ccncc1CNC1CCCC(C(C)(C)C)CC1. The molecule has 1 heterocycles. The maximum atomic E-state index is 4.23. The van der Waals surface area contributed by atoms with Gasteiger partial charge in [-0.2, -0.15) is 0 Å². The molecular formula is C18H30N2. The van der Waals surface area contributed by atoms with Crippen molar-refractivity contribution in [3.63, 3.8) is 0 Å². The Kier molecular flexibility index (Phi) is 5.20. The van der Waals surface area contributed by atoms with Crippen molar-refractivity contribution < 1.29 is 0 Å². The summed E-state index contributed by atoms with van der Waals surface area (Å²) in [5.41, 5.74) is 3.15. The molecule has 2 heteroatoms. The lowest BCUT2D eigenvalue weighted by Gasteiger charge is -2.29. The van der Waals surface area contributed by atoms with Crippen LogP contribution in [-0.2, 0) is 6.54 Å². The van der Waals surface area contributed by atoms with E-state index in [-0.39, 0.29) is 0 Å². The number of nitrogens with zero attached hydrogens (tertiary/aromatic N) is 1. The fraction of sp³-hybridized carbons (Fsp3) is 0.722. The topological polar surface area (TPSA) is 24.9 Å². The Bertz CT molecular complexity index is 420. The predicted octanol–water partition coefficient (Wildman–Crippen LogP) is 4.47. The van der Waals surface area contributed by atoms with Gasteiger partial charge >= 0.3 is 0 Å². The molecule has 1 N–H and O–H groups in total. The van der Waals surface area contributed by atoms with E-state index >= 15 is 0 Å². The minimum absolute atomic E-state index is 0.467. The second-order valence-corrected chi connectivity index (χ2v) is 7.45. The van der Waals surface area contributed by atoms with Gasteiger partial charge in [-0.25, -0.2) is 0 Å². The van der Waals surface area contributed by atoms with Crippen LogP contribution in [0, 0.1) is 18.3 Å². The molecule has 0 amide bonds. The summed E-state index contributed by atoms with van der Waals surface area (Å²) in [6, 6.07) is 2.78. The first-order valence-corrected chi connectivity index (χ1v) is 8.09. The molecule has 1 saturated carbocycles. The van der Waals surface area contributed by atoms with Crippen LogP contribution in [0.1, 0.15) is 64.0 Å². The normalized spacial score (nSPS) is 24.4. The number of pyridine rings is 1. The Hall–Kier alpha value is -0.890. The standard InChI is InChI=1S/C18H30N2/c1-14-10-11-19-12-15(14)13-20-17-7-5-6-16(8-9-17)18(2,3)4/h10-12,16-17,20H,5-9,13H2,1-4H3. The molecule has 0 aliphatic heterocycles. The van der Waals surface area contributed by atoms with Crippen molar-refractivity contribution in [3.8, 4) is 0 Å². The van der Waals surface area contributed by atoms with Gasteiger partial charge < -0.3 is 5.32 Å². The number of hydrogen-bond acceptors (Lipinski definition) is 2. The number of rotatable bonds is 3. The van der Waals surface area contributed by atoms with Gasteiger partial charge in [-0.1, -0.05) is 27.2 Å². The molecule has 2 unspecified atom stereocenters. The third-order valence-electron chi connectivity index (χ3n) is 4.92. The maximum Gasteiger partial charge on any atom is 0.0315 e. The van der Waals surface area contributed by atoms with Crippen LogP contribution in [0.5, 0.6) is 0 Å². The van der Waals surface area contributed by atoms with Gasteiger partial charge in [0.15, 0.2) is 0 Å². The summed E-state index contributed by atoms with van der Waals surface area (Å²) in [7, 11) is 0. The van der Waals surface area contributed by atoms with Crippen molar-refractivity contribution in [2.45, 2.75) is 72.4 Å². The highest BCUT2D eigenvalue weighted by atomic mass is 14.9. The van der Waals surface area contributed by atoms with Gasteiger partial charge in [0.2, 0.25) is 0 Å². The van der Waals surface area contributed by atoms with E-state index in [9.17, 15) is 0 Å². The summed E-state index contributed by atoms with van der Waals surface area (Å²) < 4.78 is 0. The highest BCUT2D eigenvalue weighted by molar-refractivity contribution is 5.21. The lowest BCUT2D eigenvalue weighted by Crippen LogP contribution is -2.28. The molecule has 1 aromatic heterocycles. The zero-order valence-electron chi connectivity index (χ0n) is 13.6. The first-order chi connectivity index (χ1) is 9.47. The van der Waals surface area contributed by atoms with Gasteiger partial charge in [-0.15, -0.1) is 0 Å². The molecule has 2 atom stereocenters. The molecule has 2 rings (SSSR count). The van der Waals surface area contributed by atoms with E-state index < -0.39 is 0 Å². The van der Waals surface area contributed by atoms with Gasteiger partial charge in [0, 0.05) is 25.0 Å². The van der Waals surface area contributed by atoms with Gasteiger partial charge in [0.05, 0.1) is 0 Å². The van der Waals surface area contributed by atoms with Gasteiger partial charge in [0.1, 0.15) is 0 Å². The predicted molar refractivity (Wildman–Crippen MR) is 85.6 cm³/mol. The van der Waals surface area contributed by atoms with Crippen molar-refractivity contribution >= 4 is 0 Å². The van der Waals surface area contributed by atoms with E-state index in [0.29, 0.717) is 11.5 Å². The molecule has 1 aromatic rings. The summed E-state index contributed by atoms with van der Waals surface area (Å²) in [5.74, 6) is 0.884. The quantitative estimate of drug-likeness (QED) is 0.822. The van der Waals surface area contributed by atoms with Crippen LogP contribution in [0.4, 0.5) is 0 Å². The van der Waals surface area contributed by atoms with E-state index in [4.69, 9.17) is 0 Å². The van der Waals surface area contributed by atoms with Gasteiger partial charge in [-0.05, 0) is 61.1 Å². The highest BCUT2D eigenvalue weighted by Crippen LogP contribution is 2.36. The largest absolute Gasteiger partial charge is 0.310 e. The summed E-state index contributed by atoms with van der Waals surface area (Å²) in [6.45, 7) is 10.3. The van der Waals surface area contributed by atoms with Crippen molar-refractivity contribution in [1.29, 1.82) is 0 Å². The summed E-state index contributed by atoms with van der Waals surface area (Å²) in [5, 5.41) is 3.75. The second-order valence-electron chi connectivity index (χ2n) is 7.45. The van der Waals surface area contributed by atoms with Crippen molar-refractivity contribution in [1.82, 2.24) is 10.3 Å². The average Bonchev–Trinajstić information content (AvgIpc) is 2.63. The number of aromatic nitrogens is 1. The molecular weight excluding hydrogens is 244 g/mol.